The highest BCUT2D eigenvalue weighted by Crippen LogP contribution is 2.69. The van der Waals surface area contributed by atoms with Crippen LogP contribution in [0.4, 0.5) is 5.69 Å². The summed E-state index contributed by atoms with van der Waals surface area (Å²) in [5, 5.41) is 13.2. The highest BCUT2D eigenvalue weighted by Gasteiger charge is 2.76. The van der Waals surface area contributed by atoms with Gasteiger partial charge in [0.25, 0.3) is 0 Å². The number of carbonyl (C=O) groups is 3. The fraction of sp³-hybridized carbons (Fsp3) is 0.609. The Kier molecular flexibility index (Phi) is 6.24. The SMILES string of the molecule is CCOC(=O)[C@@H]1[C@@H]2CC(C)C3(S2)C(C(=O)Nc2c(C)cccc2Cl)N([C@H](C)CO)C(=O)[C@H]13. The van der Waals surface area contributed by atoms with Crippen molar-refractivity contribution >= 4 is 46.8 Å². The molecule has 2 bridgehead atoms. The number of carbonyl (C=O) groups excluding carboxylic acids is 3. The number of aryl methyl sites for hydroxylation is 1. The molecule has 9 heteroatoms. The minimum Gasteiger partial charge on any atom is -0.466 e. The van der Waals surface area contributed by atoms with Gasteiger partial charge in [0.1, 0.15) is 6.04 Å². The molecule has 3 fully saturated rings. The van der Waals surface area contributed by atoms with Gasteiger partial charge in [0, 0.05) is 5.25 Å². The average molecular weight is 481 g/mol. The van der Waals surface area contributed by atoms with Gasteiger partial charge in [0.05, 0.1) is 46.5 Å². The van der Waals surface area contributed by atoms with Crippen molar-refractivity contribution in [1.29, 1.82) is 0 Å². The fourth-order valence-corrected chi connectivity index (χ4v) is 8.47. The van der Waals surface area contributed by atoms with Crippen LogP contribution in [0.2, 0.25) is 5.02 Å². The van der Waals surface area contributed by atoms with Crippen molar-refractivity contribution in [2.75, 3.05) is 18.5 Å². The molecule has 7 atom stereocenters. The lowest BCUT2D eigenvalue weighted by atomic mass is 9.66. The molecule has 0 radical (unpaired) electrons. The molecule has 174 valence electrons. The Bertz CT molecular complexity index is 938. The Hall–Kier alpha value is -1.77. The van der Waals surface area contributed by atoms with E-state index in [4.69, 9.17) is 16.3 Å². The van der Waals surface area contributed by atoms with Crippen LogP contribution in [0.5, 0.6) is 0 Å². The van der Waals surface area contributed by atoms with Gasteiger partial charge in [0.2, 0.25) is 11.8 Å². The van der Waals surface area contributed by atoms with Crippen LogP contribution in [0.3, 0.4) is 0 Å². The average Bonchev–Trinajstić information content (AvgIpc) is 3.34. The Morgan fingerprint density at radius 2 is 2.16 bits per heavy atom. The zero-order valence-corrected chi connectivity index (χ0v) is 20.2. The number of aliphatic hydroxyl groups is 1. The molecule has 3 unspecified atom stereocenters. The van der Waals surface area contributed by atoms with Crippen molar-refractivity contribution in [2.45, 2.75) is 56.2 Å². The number of rotatable bonds is 6. The van der Waals surface area contributed by atoms with Crippen LogP contribution in [-0.4, -0.2) is 63.1 Å². The summed E-state index contributed by atoms with van der Waals surface area (Å²) < 4.78 is 4.56. The molecule has 0 aliphatic carbocycles. The number of nitrogens with zero attached hydrogens (tertiary/aromatic N) is 1. The topological polar surface area (TPSA) is 95.9 Å². The number of hydrogen-bond acceptors (Lipinski definition) is 6. The van der Waals surface area contributed by atoms with E-state index in [1.807, 2.05) is 26.0 Å². The number of likely N-dealkylation sites (tertiary alicyclic amines) is 1. The number of fused-ring (bicyclic) bond motifs is 1. The third-order valence-corrected chi connectivity index (χ3v) is 9.59. The maximum atomic E-state index is 13.8. The van der Waals surface area contributed by atoms with Gasteiger partial charge >= 0.3 is 5.97 Å². The summed E-state index contributed by atoms with van der Waals surface area (Å²) in [6.07, 6.45) is 0.730. The Labute approximate surface area is 197 Å². The highest BCUT2D eigenvalue weighted by molar-refractivity contribution is 8.02. The fourth-order valence-electron chi connectivity index (χ4n) is 5.81. The number of amides is 2. The summed E-state index contributed by atoms with van der Waals surface area (Å²) in [5.74, 6) is -2.19. The van der Waals surface area contributed by atoms with E-state index in [2.05, 4.69) is 5.32 Å². The van der Waals surface area contributed by atoms with Gasteiger partial charge in [-0.2, -0.15) is 0 Å². The molecule has 3 saturated heterocycles. The summed E-state index contributed by atoms with van der Waals surface area (Å²) >= 11 is 7.92. The molecule has 2 amide bonds. The third kappa shape index (κ3) is 3.25. The second-order valence-electron chi connectivity index (χ2n) is 9.00. The van der Waals surface area contributed by atoms with E-state index < -0.39 is 28.7 Å². The zero-order chi connectivity index (χ0) is 23.4. The summed E-state index contributed by atoms with van der Waals surface area (Å²) in [5.41, 5.74) is 1.32. The van der Waals surface area contributed by atoms with E-state index >= 15 is 0 Å². The minimum absolute atomic E-state index is 0.0381. The number of para-hydroxylation sites is 1. The van der Waals surface area contributed by atoms with Crippen LogP contribution < -0.4 is 5.32 Å². The second kappa shape index (κ2) is 8.54. The van der Waals surface area contributed by atoms with Crippen molar-refractivity contribution in [2.24, 2.45) is 17.8 Å². The van der Waals surface area contributed by atoms with Crippen molar-refractivity contribution in [3.8, 4) is 0 Å². The van der Waals surface area contributed by atoms with Crippen LogP contribution in [0.1, 0.15) is 32.8 Å². The molecule has 4 rings (SSSR count). The van der Waals surface area contributed by atoms with Gasteiger partial charge in [-0.3, -0.25) is 14.4 Å². The van der Waals surface area contributed by atoms with Crippen molar-refractivity contribution in [1.82, 2.24) is 4.90 Å². The van der Waals surface area contributed by atoms with Gasteiger partial charge in [-0.25, -0.2) is 0 Å². The molecule has 1 spiro atoms. The predicted octanol–water partition coefficient (Wildman–Crippen LogP) is 2.87. The standard InChI is InChI=1S/C23H29ClN2O5S/c1-5-31-22(30)16-15-9-12(3)23(32-15)17(16)21(29)26(13(4)10-27)19(23)20(28)25-18-11(2)7-6-8-14(18)24/h6-8,12-13,15-17,19,27H,5,9-10H2,1-4H3,(H,25,28)/t12?,13-,15+,16-,17+,19?,23?/m1/s1. The van der Waals surface area contributed by atoms with E-state index in [1.165, 1.54) is 4.90 Å². The number of aliphatic hydroxyl groups excluding tert-OH is 1. The lowest BCUT2D eigenvalue weighted by Crippen LogP contribution is -2.56. The first-order valence-corrected chi connectivity index (χ1v) is 12.3. The summed E-state index contributed by atoms with van der Waals surface area (Å²) in [6, 6.07) is 3.96. The number of thioether (sulfide) groups is 1. The molecule has 0 aromatic heterocycles. The quantitative estimate of drug-likeness (QED) is 0.608. The maximum Gasteiger partial charge on any atom is 0.310 e. The minimum atomic E-state index is -0.831. The van der Waals surface area contributed by atoms with Crippen LogP contribution in [0.15, 0.2) is 18.2 Å². The molecule has 0 saturated carbocycles. The Balaban J connectivity index is 1.78. The zero-order valence-electron chi connectivity index (χ0n) is 18.6. The number of benzene rings is 1. The van der Waals surface area contributed by atoms with Crippen LogP contribution in [-0.2, 0) is 19.1 Å². The number of halogens is 1. The van der Waals surface area contributed by atoms with E-state index in [-0.39, 0.29) is 42.2 Å². The van der Waals surface area contributed by atoms with Crippen LogP contribution >= 0.6 is 23.4 Å². The first-order valence-electron chi connectivity index (χ1n) is 11.0. The molecule has 32 heavy (non-hydrogen) atoms. The lowest BCUT2D eigenvalue weighted by molar-refractivity contribution is -0.154. The number of nitrogens with one attached hydrogen (secondary N) is 1. The molecule has 3 heterocycles. The smallest absolute Gasteiger partial charge is 0.310 e. The summed E-state index contributed by atoms with van der Waals surface area (Å²) in [7, 11) is 0. The van der Waals surface area contributed by atoms with Crippen molar-refractivity contribution in [3.05, 3.63) is 28.8 Å². The van der Waals surface area contributed by atoms with Crippen molar-refractivity contribution in [3.63, 3.8) is 0 Å². The molecule has 2 N–H and O–H groups in total. The van der Waals surface area contributed by atoms with Crippen LogP contribution in [0, 0.1) is 24.7 Å². The highest BCUT2D eigenvalue weighted by atomic mass is 35.5. The van der Waals surface area contributed by atoms with Crippen LogP contribution in [0.25, 0.3) is 0 Å². The number of esters is 1. The molecule has 7 nitrogen and oxygen atoms in total. The van der Waals surface area contributed by atoms with Gasteiger partial charge in [-0.1, -0.05) is 30.7 Å². The van der Waals surface area contributed by atoms with E-state index in [0.717, 1.165) is 12.0 Å². The van der Waals surface area contributed by atoms with Gasteiger partial charge in [0.15, 0.2) is 0 Å². The predicted molar refractivity (Wildman–Crippen MR) is 124 cm³/mol. The number of anilines is 1. The largest absolute Gasteiger partial charge is 0.466 e. The lowest BCUT2D eigenvalue weighted by Gasteiger charge is -2.39. The molecule has 1 aromatic rings. The first kappa shape index (κ1) is 23.4. The summed E-state index contributed by atoms with van der Waals surface area (Å²) in [4.78, 5) is 41.9. The van der Waals surface area contributed by atoms with Gasteiger partial charge in [-0.05, 0) is 44.7 Å². The molecule has 3 aliphatic heterocycles. The Morgan fingerprint density at radius 3 is 2.78 bits per heavy atom. The summed E-state index contributed by atoms with van der Waals surface area (Å²) in [6.45, 7) is 7.32. The molecule has 3 aliphatic rings. The maximum absolute atomic E-state index is 13.8. The van der Waals surface area contributed by atoms with Gasteiger partial charge in [-0.15, -0.1) is 11.8 Å². The van der Waals surface area contributed by atoms with E-state index in [9.17, 15) is 19.5 Å². The normalized spacial score (nSPS) is 33.9. The van der Waals surface area contributed by atoms with Gasteiger partial charge < -0.3 is 20.1 Å². The van der Waals surface area contributed by atoms with Crippen molar-refractivity contribution < 1.29 is 24.2 Å². The molecular formula is C23H29ClN2O5S. The molecular weight excluding hydrogens is 452 g/mol. The number of ether oxygens (including phenoxy) is 1. The Morgan fingerprint density at radius 1 is 1.44 bits per heavy atom. The first-order chi connectivity index (χ1) is 15.2. The second-order valence-corrected chi connectivity index (χ2v) is 11.0. The van der Waals surface area contributed by atoms with E-state index in [0.29, 0.717) is 10.7 Å². The van der Waals surface area contributed by atoms with E-state index in [1.54, 1.807) is 31.7 Å². The molecule has 1 aromatic carbocycles. The monoisotopic (exact) mass is 480 g/mol. The number of hydrogen-bond donors (Lipinski definition) is 2. The third-order valence-electron chi connectivity index (χ3n) is 7.20.